The Morgan fingerprint density at radius 3 is 1.75 bits per heavy atom. The van der Waals surface area contributed by atoms with Crippen LogP contribution in [0.1, 0.15) is 52.9 Å². The topological polar surface area (TPSA) is 20.2 Å². The minimum absolute atomic E-state index is 0.127. The lowest BCUT2D eigenvalue weighted by Crippen LogP contribution is -2.39. The molecule has 1 atom stereocenters. The standard InChI is InChI=1S/C11H22O/c1-9(2)11(10(3)12)7-5-4-6-8-11/h9-10,12H,4-8H2,1-3H3. The molecule has 0 saturated heterocycles. The van der Waals surface area contributed by atoms with Gasteiger partial charge in [0.2, 0.25) is 0 Å². The zero-order valence-electron chi connectivity index (χ0n) is 8.64. The first-order valence-corrected chi connectivity index (χ1v) is 5.27. The fourth-order valence-electron chi connectivity index (χ4n) is 2.69. The smallest absolute Gasteiger partial charge is 0.0570 e. The van der Waals surface area contributed by atoms with E-state index in [0.717, 1.165) is 0 Å². The molecule has 72 valence electrons. The molecule has 1 rings (SSSR count). The Hall–Kier alpha value is -0.0400. The van der Waals surface area contributed by atoms with Crippen LogP contribution >= 0.6 is 0 Å². The van der Waals surface area contributed by atoms with Crippen LogP contribution in [0.2, 0.25) is 0 Å². The van der Waals surface area contributed by atoms with Crippen molar-refractivity contribution < 1.29 is 5.11 Å². The van der Waals surface area contributed by atoms with Crippen LogP contribution in [0.15, 0.2) is 0 Å². The van der Waals surface area contributed by atoms with Crippen LogP contribution in [-0.2, 0) is 0 Å². The SMILES string of the molecule is CC(C)C1(C(C)O)CCCCC1. The zero-order valence-corrected chi connectivity index (χ0v) is 8.64. The van der Waals surface area contributed by atoms with Gasteiger partial charge in [0, 0.05) is 0 Å². The molecule has 1 fully saturated rings. The highest BCUT2D eigenvalue weighted by Crippen LogP contribution is 2.44. The first-order chi connectivity index (χ1) is 5.59. The molecule has 0 amide bonds. The minimum Gasteiger partial charge on any atom is -0.393 e. The van der Waals surface area contributed by atoms with Gasteiger partial charge in [0.25, 0.3) is 0 Å². The molecule has 0 aromatic carbocycles. The van der Waals surface area contributed by atoms with Gasteiger partial charge in [-0.05, 0) is 31.1 Å². The molecule has 0 radical (unpaired) electrons. The second-order valence-electron chi connectivity index (χ2n) is 4.62. The first-order valence-electron chi connectivity index (χ1n) is 5.27. The summed E-state index contributed by atoms with van der Waals surface area (Å²) in [5, 5.41) is 9.80. The molecule has 0 aromatic heterocycles. The van der Waals surface area contributed by atoms with Crippen LogP contribution in [-0.4, -0.2) is 11.2 Å². The van der Waals surface area contributed by atoms with Crippen molar-refractivity contribution in [1.82, 2.24) is 0 Å². The van der Waals surface area contributed by atoms with Gasteiger partial charge in [0.05, 0.1) is 6.10 Å². The average Bonchev–Trinajstić information content (AvgIpc) is 2.05. The minimum atomic E-state index is -0.127. The number of aliphatic hydroxyl groups excluding tert-OH is 1. The van der Waals surface area contributed by atoms with E-state index >= 15 is 0 Å². The maximum absolute atomic E-state index is 9.80. The summed E-state index contributed by atoms with van der Waals surface area (Å²) in [7, 11) is 0. The molecule has 12 heavy (non-hydrogen) atoms. The van der Waals surface area contributed by atoms with E-state index in [-0.39, 0.29) is 11.5 Å². The predicted molar refractivity (Wildman–Crippen MR) is 52.0 cm³/mol. The lowest BCUT2D eigenvalue weighted by atomic mass is 9.64. The third-order valence-electron chi connectivity index (χ3n) is 3.77. The van der Waals surface area contributed by atoms with Gasteiger partial charge in [0.15, 0.2) is 0 Å². The normalized spacial score (nSPS) is 25.8. The molecule has 0 aromatic rings. The van der Waals surface area contributed by atoms with E-state index in [0.29, 0.717) is 5.92 Å². The van der Waals surface area contributed by atoms with Crippen LogP contribution in [0, 0.1) is 11.3 Å². The third-order valence-corrected chi connectivity index (χ3v) is 3.77. The van der Waals surface area contributed by atoms with E-state index < -0.39 is 0 Å². The van der Waals surface area contributed by atoms with Crippen LogP contribution in [0.4, 0.5) is 0 Å². The van der Waals surface area contributed by atoms with Crippen molar-refractivity contribution in [2.24, 2.45) is 11.3 Å². The molecule has 0 bridgehead atoms. The Balaban J connectivity index is 2.70. The van der Waals surface area contributed by atoms with E-state index in [4.69, 9.17) is 0 Å². The van der Waals surface area contributed by atoms with E-state index in [2.05, 4.69) is 13.8 Å². The van der Waals surface area contributed by atoms with Gasteiger partial charge in [-0.25, -0.2) is 0 Å². The molecule has 0 heterocycles. The van der Waals surface area contributed by atoms with Crippen molar-refractivity contribution in [3.05, 3.63) is 0 Å². The maximum atomic E-state index is 9.80. The summed E-state index contributed by atoms with van der Waals surface area (Å²) >= 11 is 0. The van der Waals surface area contributed by atoms with Crippen molar-refractivity contribution >= 4 is 0 Å². The van der Waals surface area contributed by atoms with Crippen molar-refractivity contribution in [2.75, 3.05) is 0 Å². The largest absolute Gasteiger partial charge is 0.393 e. The zero-order chi connectivity index (χ0) is 9.19. The van der Waals surface area contributed by atoms with Gasteiger partial charge in [-0.2, -0.15) is 0 Å². The summed E-state index contributed by atoms with van der Waals surface area (Å²) in [5.74, 6) is 0.623. The lowest BCUT2D eigenvalue weighted by molar-refractivity contribution is -0.0268. The van der Waals surface area contributed by atoms with Crippen molar-refractivity contribution in [1.29, 1.82) is 0 Å². The van der Waals surface area contributed by atoms with Crippen LogP contribution in [0.5, 0.6) is 0 Å². The van der Waals surface area contributed by atoms with E-state index in [1.165, 1.54) is 32.1 Å². The van der Waals surface area contributed by atoms with Gasteiger partial charge in [-0.3, -0.25) is 0 Å². The van der Waals surface area contributed by atoms with E-state index in [9.17, 15) is 5.11 Å². The number of rotatable bonds is 2. The fraction of sp³-hybridized carbons (Fsp3) is 1.00. The van der Waals surface area contributed by atoms with Gasteiger partial charge in [-0.1, -0.05) is 33.1 Å². The number of hydrogen-bond donors (Lipinski definition) is 1. The average molecular weight is 170 g/mol. The second-order valence-corrected chi connectivity index (χ2v) is 4.62. The Labute approximate surface area is 76.2 Å². The maximum Gasteiger partial charge on any atom is 0.0570 e. The fourth-order valence-corrected chi connectivity index (χ4v) is 2.69. The monoisotopic (exact) mass is 170 g/mol. The Kier molecular flexibility index (Phi) is 3.16. The van der Waals surface area contributed by atoms with Crippen molar-refractivity contribution in [3.8, 4) is 0 Å². The molecule has 1 aliphatic rings. The number of aliphatic hydroxyl groups is 1. The Morgan fingerprint density at radius 2 is 1.50 bits per heavy atom. The molecule has 1 N–H and O–H groups in total. The summed E-state index contributed by atoms with van der Waals surface area (Å²) < 4.78 is 0. The predicted octanol–water partition coefficient (Wildman–Crippen LogP) is 2.97. The quantitative estimate of drug-likeness (QED) is 0.675. The highest BCUT2D eigenvalue weighted by atomic mass is 16.3. The molecular formula is C11H22O. The van der Waals surface area contributed by atoms with Crippen LogP contribution in [0.25, 0.3) is 0 Å². The van der Waals surface area contributed by atoms with Gasteiger partial charge < -0.3 is 5.11 Å². The molecule has 1 aliphatic carbocycles. The second kappa shape index (κ2) is 3.78. The summed E-state index contributed by atoms with van der Waals surface area (Å²) in [5.41, 5.74) is 0.234. The lowest BCUT2D eigenvalue weighted by Gasteiger charge is -2.43. The molecule has 1 nitrogen and oxygen atoms in total. The molecule has 0 spiro atoms. The third kappa shape index (κ3) is 1.66. The summed E-state index contributed by atoms with van der Waals surface area (Å²) in [4.78, 5) is 0. The van der Waals surface area contributed by atoms with Crippen molar-refractivity contribution in [3.63, 3.8) is 0 Å². The van der Waals surface area contributed by atoms with Gasteiger partial charge in [0.1, 0.15) is 0 Å². The summed E-state index contributed by atoms with van der Waals surface area (Å²) in [6.45, 7) is 6.46. The molecular weight excluding hydrogens is 148 g/mol. The van der Waals surface area contributed by atoms with Crippen molar-refractivity contribution in [2.45, 2.75) is 59.0 Å². The highest BCUT2D eigenvalue weighted by Gasteiger charge is 2.39. The van der Waals surface area contributed by atoms with Gasteiger partial charge >= 0.3 is 0 Å². The Bertz CT molecular complexity index is 122. The van der Waals surface area contributed by atoms with Crippen LogP contribution < -0.4 is 0 Å². The summed E-state index contributed by atoms with van der Waals surface area (Å²) in [6.07, 6.45) is 6.30. The summed E-state index contributed by atoms with van der Waals surface area (Å²) in [6, 6.07) is 0. The van der Waals surface area contributed by atoms with E-state index in [1.807, 2.05) is 6.92 Å². The first kappa shape index (κ1) is 10.0. The molecule has 1 unspecified atom stereocenters. The van der Waals surface area contributed by atoms with E-state index in [1.54, 1.807) is 0 Å². The Morgan fingerprint density at radius 1 is 1.00 bits per heavy atom. The molecule has 0 aliphatic heterocycles. The van der Waals surface area contributed by atoms with Crippen LogP contribution in [0.3, 0.4) is 0 Å². The molecule has 1 heteroatoms. The highest BCUT2D eigenvalue weighted by molar-refractivity contribution is 4.89. The molecule has 1 saturated carbocycles. The number of hydrogen-bond acceptors (Lipinski definition) is 1. The van der Waals surface area contributed by atoms with Gasteiger partial charge in [-0.15, -0.1) is 0 Å².